The lowest BCUT2D eigenvalue weighted by atomic mass is 9.97. The van der Waals surface area contributed by atoms with Crippen molar-refractivity contribution < 1.29 is 28.4 Å². The first-order valence-corrected chi connectivity index (χ1v) is 15.1. The van der Waals surface area contributed by atoms with Crippen LogP contribution in [0, 0.1) is 0 Å². The molecule has 4 aromatic carbocycles. The Morgan fingerprint density at radius 2 is 1.22 bits per heavy atom. The van der Waals surface area contributed by atoms with Gasteiger partial charge in [-0.3, -0.25) is 0 Å². The fourth-order valence-electron chi connectivity index (χ4n) is 5.13. The van der Waals surface area contributed by atoms with Crippen LogP contribution < -0.4 is 0 Å². The summed E-state index contributed by atoms with van der Waals surface area (Å²) in [5.74, 6) is 0. The zero-order valence-corrected chi connectivity index (χ0v) is 25.7. The van der Waals surface area contributed by atoms with E-state index in [0.29, 0.717) is 30.5 Å². The standard InChI is InChI=1S/C35H36ClN3O6/c1-40-35-34(44-23-27-15-9-4-10-16-27)33(43-22-26-13-7-3-8-14-26)32(42-21-25-11-5-2-6-12-25)31(45-35)24-41-20-28-17-18-30(38-39-37)29(36)19-28/h2-19,31-35H,20-24H2,1H3/t31-,32-,33+,34-,35+/m1/s1. The Hall–Kier alpha value is -3.76. The van der Waals surface area contributed by atoms with Gasteiger partial charge in [0.1, 0.15) is 24.4 Å². The number of methoxy groups -OCH3 is 1. The van der Waals surface area contributed by atoms with Crippen LogP contribution in [0.4, 0.5) is 5.69 Å². The highest BCUT2D eigenvalue weighted by molar-refractivity contribution is 6.33. The fraction of sp³-hybridized carbons (Fsp3) is 0.314. The number of hydrogen-bond acceptors (Lipinski definition) is 7. The molecule has 234 valence electrons. The molecule has 0 bridgehead atoms. The highest BCUT2D eigenvalue weighted by Gasteiger charge is 2.48. The average molecular weight is 630 g/mol. The van der Waals surface area contributed by atoms with Crippen LogP contribution in [0.1, 0.15) is 22.3 Å². The van der Waals surface area contributed by atoms with Crippen molar-refractivity contribution in [1.82, 2.24) is 0 Å². The van der Waals surface area contributed by atoms with E-state index in [-0.39, 0.29) is 13.2 Å². The van der Waals surface area contributed by atoms with Gasteiger partial charge >= 0.3 is 0 Å². The van der Waals surface area contributed by atoms with Crippen LogP contribution in [0.3, 0.4) is 0 Å². The van der Waals surface area contributed by atoms with Crippen molar-refractivity contribution in [2.75, 3.05) is 13.7 Å². The quantitative estimate of drug-likeness (QED) is 0.0751. The SMILES string of the molecule is CO[C@H]1O[C@H](COCc2ccc(N=[N+]=[N-])c(Cl)c2)[C@@H](OCc2ccccc2)[C@H](OCc2ccccc2)[C@H]1OCc1ccccc1. The van der Waals surface area contributed by atoms with E-state index in [9.17, 15) is 0 Å². The highest BCUT2D eigenvalue weighted by atomic mass is 35.5. The lowest BCUT2D eigenvalue weighted by Crippen LogP contribution is -2.61. The van der Waals surface area contributed by atoms with E-state index in [1.807, 2.05) is 91.0 Å². The van der Waals surface area contributed by atoms with Crippen LogP contribution in [0.15, 0.2) is 114 Å². The summed E-state index contributed by atoms with van der Waals surface area (Å²) in [6.45, 7) is 1.48. The van der Waals surface area contributed by atoms with E-state index in [1.165, 1.54) is 0 Å². The second-order valence-electron chi connectivity index (χ2n) is 10.6. The van der Waals surface area contributed by atoms with Gasteiger partial charge in [0.15, 0.2) is 6.29 Å². The van der Waals surface area contributed by atoms with E-state index >= 15 is 0 Å². The molecule has 1 saturated heterocycles. The number of ether oxygens (including phenoxy) is 6. The van der Waals surface area contributed by atoms with E-state index < -0.39 is 30.7 Å². The third-order valence-electron chi connectivity index (χ3n) is 7.39. The molecule has 0 spiro atoms. The fourth-order valence-corrected chi connectivity index (χ4v) is 5.37. The topological polar surface area (TPSA) is 104 Å². The van der Waals surface area contributed by atoms with Crippen molar-refractivity contribution in [3.63, 3.8) is 0 Å². The molecule has 0 radical (unpaired) electrons. The number of halogens is 1. The summed E-state index contributed by atoms with van der Waals surface area (Å²) in [5, 5.41) is 3.94. The smallest absolute Gasteiger partial charge is 0.186 e. The second kappa shape index (κ2) is 17.1. The monoisotopic (exact) mass is 629 g/mol. The molecule has 45 heavy (non-hydrogen) atoms. The van der Waals surface area contributed by atoms with Gasteiger partial charge in [0.25, 0.3) is 0 Å². The Kier molecular flexibility index (Phi) is 12.4. The number of hydrogen-bond donors (Lipinski definition) is 0. The maximum Gasteiger partial charge on any atom is 0.186 e. The zero-order chi connectivity index (χ0) is 31.3. The highest BCUT2D eigenvalue weighted by Crippen LogP contribution is 2.32. The Labute approximate surface area is 268 Å². The average Bonchev–Trinajstić information content (AvgIpc) is 3.08. The minimum Gasteiger partial charge on any atom is -0.374 e. The molecule has 1 aliphatic rings. The summed E-state index contributed by atoms with van der Waals surface area (Å²) in [7, 11) is 1.59. The minimum absolute atomic E-state index is 0.186. The maximum absolute atomic E-state index is 8.74. The molecule has 0 aromatic heterocycles. The zero-order valence-electron chi connectivity index (χ0n) is 25.0. The lowest BCUT2D eigenvalue weighted by molar-refractivity contribution is -0.323. The Morgan fingerprint density at radius 3 is 1.73 bits per heavy atom. The lowest BCUT2D eigenvalue weighted by Gasteiger charge is -2.45. The molecule has 0 N–H and O–H groups in total. The predicted molar refractivity (Wildman–Crippen MR) is 171 cm³/mol. The first-order valence-electron chi connectivity index (χ1n) is 14.7. The Balaban J connectivity index is 1.38. The van der Waals surface area contributed by atoms with E-state index in [2.05, 4.69) is 10.0 Å². The maximum atomic E-state index is 8.74. The number of rotatable bonds is 15. The second-order valence-corrected chi connectivity index (χ2v) is 11.0. The normalized spacial score (nSPS) is 21.2. The molecule has 1 heterocycles. The summed E-state index contributed by atoms with van der Waals surface area (Å²) in [6.07, 6.45) is -2.99. The minimum atomic E-state index is -0.739. The van der Waals surface area contributed by atoms with Crippen LogP contribution in [0.5, 0.6) is 0 Å². The molecule has 0 amide bonds. The molecular weight excluding hydrogens is 594 g/mol. The van der Waals surface area contributed by atoms with Crippen molar-refractivity contribution in [2.24, 2.45) is 5.11 Å². The Morgan fingerprint density at radius 1 is 0.689 bits per heavy atom. The summed E-state index contributed by atoms with van der Waals surface area (Å²) in [6, 6.07) is 35.1. The summed E-state index contributed by atoms with van der Waals surface area (Å²) in [4.78, 5) is 2.81. The third-order valence-corrected chi connectivity index (χ3v) is 7.70. The van der Waals surface area contributed by atoms with Crippen LogP contribution in [-0.2, 0) is 54.8 Å². The molecule has 9 nitrogen and oxygen atoms in total. The third kappa shape index (κ3) is 9.37. The van der Waals surface area contributed by atoms with Crippen LogP contribution >= 0.6 is 11.6 Å². The van der Waals surface area contributed by atoms with Crippen LogP contribution in [0.25, 0.3) is 10.4 Å². The van der Waals surface area contributed by atoms with Gasteiger partial charge in [0.2, 0.25) is 0 Å². The molecule has 5 rings (SSSR count). The first kappa shape index (κ1) is 32.6. The molecule has 1 fully saturated rings. The summed E-state index contributed by atoms with van der Waals surface area (Å²) < 4.78 is 38.2. The van der Waals surface area contributed by atoms with Gasteiger partial charge < -0.3 is 28.4 Å². The van der Waals surface area contributed by atoms with E-state index in [0.717, 1.165) is 22.3 Å². The number of azide groups is 1. The van der Waals surface area contributed by atoms with Crippen molar-refractivity contribution in [2.45, 2.75) is 57.1 Å². The van der Waals surface area contributed by atoms with Crippen molar-refractivity contribution in [3.05, 3.63) is 147 Å². The molecular formula is C35H36ClN3O6. The molecule has 0 saturated carbocycles. The van der Waals surface area contributed by atoms with Crippen LogP contribution in [-0.4, -0.2) is 44.4 Å². The molecule has 0 unspecified atom stereocenters. The number of nitrogens with zero attached hydrogens (tertiary/aromatic N) is 3. The largest absolute Gasteiger partial charge is 0.374 e. The van der Waals surface area contributed by atoms with Gasteiger partial charge in [-0.15, -0.1) is 0 Å². The molecule has 10 heteroatoms. The summed E-state index contributed by atoms with van der Waals surface area (Å²) >= 11 is 6.28. The molecule has 5 atom stereocenters. The van der Waals surface area contributed by atoms with Gasteiger partial charge in [0, 0.05) is 12.0 Å². The van der Waals surface area contributed by atoms with Gasteiger partial charge in [-0.25, -0.2) is 0 Å². The van der Waals surface area contributed by atoms with E-state index in [1.54, 1.807) is 25.3 Å². The van der Waals surface area contributed by atoms with Gasteiger partial charge in [-0.1, -0.05) is 120 Å². The first-order chi connectivity index (χ1) is 22.1. The predicted octanol–water partition coefficient (Wildman–Crippen LogP) is 7.93. The van der Waals surface area contributed by atoms with Gasteiger partial charge in [-0.2, -0.15) is 0 Å². The van der Waals surface area contributed by atoms with Crippen molar-refractivity contribution >= 4 is 17.3 Å². The van der Waals surface area contributed by atoms with Crippen molar-refractivity contribution in [1.29, 1.82) is 0 Å². The van der Waals surface area contributed by atoms with Gasteiger partial charge in [-0.05, 0) is 33.9 Å². The summed E-state index contributed by atoms with van der Waals surface area (Å²) in [5.41, 5.74) is 13.0. The van der Waals surface area contributed by atoms with Crippen molar-refractivity contribution in [3.8, 4) is 0 Å². The number of benzene rings is 4. The van der Waals surface area contributed by atoms with E-state index in [4.69, 9.17) is 45.6 Å². The molecule has 1 aliphatic heterocycles. The molecule has 0 aliphatic carbocycles. The van der Waals surface area contributed by atoms with Crippen LogP contribution in [0.2, 0.25) is 5.02 Å². The Bertz CT molecular complexity index is 1510. The van der Waals surface area contributed by atoms with Gasteiger partial charge in [0.05, 0.1) is 43.7 Å². The molecule has 4 aromatic rings.